The van der Waals surface area contributed by atoms with E-state index in [-0.39, 0.29) is 6.61 Å². The average molecular weight is 349 g/mol. The van der Waals surface area contributed by atoms with Gasteiger partial charge in [0.25, 0.3) is 0 Å². The molecule has 3 N–H and O–H groups in total. The van der Waals surface area contributed by atoms with Crippen LogP contribution in [0.25, 0.3) is 0 Å². The van der Waals surface area contributed by atoms with Crippen molar-refractivity contribution in [1.82, 2.24) is 15.0 Å². The van der Waals surface area contributed by atoms with E-state index in [9.17, 15) is 0 Å². The zero-order chi connectivity index (χ0) is 16.8. The summed E-state index contributed by atoms with van der Waals surface area (Å²) < 4.78 is 5.47. The predicted octanol–water partition coefficient (Wildman–Crippen LogP) is 1.80. The lowest BCUT2D eigenvalue weighted by Crippen LogP contribution is -2.14. The molecular formula is C16H23N5O2S. The summed E-state index contributed by atoms with van der Waals surface area (Å²) in [4.78, 5) is 14.6. The van der Waals surface area contributed by atoms with E-state index in [0.29, 0.717) is 25.0 Å². The number of aromatic nitrogens is 3. The molecule has 0 amide bonds. The molecule has 3 rings (SSSR count). The number of hydrogen-bond donors (Lipinski definition) is 3. The van der Waals surface area contributed by atoms with Crippen LogP contribution in [0.2, 0.25) is 0 Å². The summed E-state index contributed by atoms with van der Waals surface area (Å²) in [6, 6.07) is 2.00. The Kier molecular flexibility index (Phi) is 5.95. The van der Waals surface area contributed by atoms with Gasteiger partial charge < -0.3 is 20.5 Å². The Balaban J connectivity index is 1.67. The lowest BCUT2D eigenvalue weighted by molar-refractivity contribution is 0.193. The van der Waals surface area contributed by atoms with Crippen LogP contribution >= 0.6 is 11.3 Å². The molecule has 0 unspecified atom stereocenters. The van der Waals surface area contributed by atoms with Crippen molar-refractivity contribution in [3.63, 3.8) is 0 Å². The third kappa shape index (κ3) is 4.40. The van der Waals surface area contributed by atoms with Gasteiger partial charge >= 0.3 is 0 Å². The first-order valence-electron chi connectivity index (χ1n) is 8.20. The quantitative estimate of drug-likeness (QED) is 0.669. The second kappa shape index (κ2) is 8.36. The number of rotatable bonds is 8. The number of aliphatic hydroxyl groups excluding tert-OH is 1. The van der Waals surface area contributed by atoms with Gasteiger partial charge in [0.2, 0.25) is 5.95 Å². The summed E-state index contributed by atoms with van der Waals surface area (Å²) >= 11 is 1.68. The molecule has 1 saturated heterocycles. The Hall–Kier alpha value is -1.77. The molecule has 1 fully saturated rings. The highest BCUT2D eigenvalue weighted by Gasteiger charge is 2.20. The summed E-state index contributed by atoms with van der Waals surface area (Å²) in [6.45, 7) is 4.79. The molecule has 0 radical (unpaired) electrons. The Morgan fingerprint density at radius 2 is 2.25 bits per heavy atom. The lowest BCUT2D eigenvalue weighted by Gasteiger charge is -2.13. The molecule has 130 valence electrons. The van der Waals surface area contributed by atoms with Crippen LogP contribution in [0, 0.1) is 6.92 Å². The molecule has 8 heteroatoms. The summed E-state index contributed by atoms with van der Waals surface area (Å²) in [6.07, 6.45) is 1.90. The van der Waals surface area contributed by atoms with Crippen molar-refractivity contribution in [2.75, 3.05) is 43.5 Å². The van der Waals surface area contributed by atoms with Crippen LogP contribution in [0.5, 0.6) is 0 Å². The summed E-state index contributed by atoms with van der Waals surface area (Å²) in [5.74, 6) is 1.66. The minimum Gasteiger partial charge on any atom is -0.395 e. The molecule has 0 spiro atoms. The van der Waals surface area contributed by atoms with Crippen LogP contribution in [0.15, 0.2) is 11.6 Å². The molecule has 7 nitrogen and oxygen atoms in total. The van der Waals surface area contributed by atoms with Gasteiger partial charge in [0.15, 0.2) is 0 Å². The minimum absolute atomic E-state index is 0.0492. The van der Waals surface area contributed by atoms with Gasteiger partial charge in [-0.25, -0.2) is 9.97 Å². The standard InChI is InChI=1S/C16H23N5O2S/c1-11-14(24-10-19-11)2-4-17-15-8-13(12-3-7-23-9-12)20-16(21-15)18-5-6-22/h8,10,12,22H,2-7,9H2,1H3,(H2,17,18,20,21)/t12-/m1/s1. The van der Waals surface area contributed by atoms with Crippen molar-refractivity contribution in [2.24, 2.45) is 0 Å². The first-order valence-corrected chi connectivity index (χ1v) is 9.08. The van der Waals surface area contributed by atoms with E-state index in [0.717, 1.165) is 43.2 Å². The average Bonchev–Trinajstić information content (AvgIpc) is 3.25. The Labute approximate surface area is 145 Å². The lowest BCUT2D eigenvalue weighted by atomic mass is 10.0. The molecule has 24 heavy (non-hydrogen) atoms. The molecular weight excluding hydrogens is 326 g/mol. The third-order valence-corrected chi connectivity index (χ3v) is 4.99. The van der Waals surface area contributed by atoms with E-state index in [1.807, 2.05) is 18.5 Å². The zero-order valence-electron chi connectivity index (χ0n) is 13.8. The van der Waals surface area contributed by atoms with Crippen molar-refractivity contribution in [2.45, 2.75) is 25.7 Å². The number of ether oxygens (including phenoxy) is 1. The van der Waals surface area contributed by atoms with Crippen molar-refractivity contribution in [3.05, 3.63) is 27.8 Å². The first-order chi connectivity index (χ1) is 11.8. The van der Waals surface area contributed by atoms with Crippen molar-refractivity contribution < 1.29 is 9.84 Å². The fraction of sp³-hybridized carbons (Fsp3) is 0.562. The van der Waals surface area contributed by atoms with E-state index in [1.54, 1.807) is 11.3 Å². The van der Waals surface area contributed by atoms with Crippen LogP contribution < -0.4 is 10.6 Å². The molecule has 0 aromatic carbocycles. The summed E-state index contributed by atoms with van der Waals surface area (Å²) in [5.41, 5.74) is 3.96. The van der Waals surface area contributed by atoms with Crippen LogP contribution in [0.4, 0.5) is 11.8 Å². The number of aliphatic hydroxyl groups is 1. The third-order valence-electron chi connectivity index (χ3n) is 3.99. The van der Waals surface area contributed by atoms with Crippen LogP contribution in [0.1, 0.15) is 28.6 Å². The number of hydrogen-bond acceptors (Lipinski definition) is 8. The summed E-state index contributed by atoms with van der Waals surface area (Å²) in [7, 11) is 0. The van der Waals surface area contributed by atoms with E-state index >= 15 is 0 Å². The maximum atomic E-state index is 8.99. The molecule has 2 aromatic rings. The fourth-order valence-electron chi connectivity index (χ4n) is 2.65. The maximum Gasteiger partial charge on any atom is 0.224 e. The van der Waals surface area contributed by atoms with Gasteiger partial charge in [-0.15, -0.1) is 11.3 Å². The van der Waals surface area contributed by atoms with E-state index < -0.39 is 0 Å². The van der Waals surface area contributed by atoms with Gasteiger partial charge in [-0.05, 0) is 13.3 Å². The molecule has 1 atom stereocenters. The van der Waals surface area contributed by atoms with E-state index in [4.69, 9.17) is 9.84 Å². The van der Waals surface area contributed by atoms with Gasteiger partial charge in [-0.1, -0.05) is 0 Å². The molecule has 3 heterocycles. The van der Waals surface area contributed by atoms with Gasteiger partial charge in [-0.3, -0.25) is 0 Å². The Bertz CT molecular complexity index is 658. The van der Waals surface area contributed by atoms with E-state index in [1.165, 1.54) is 4.88 Å². The van der Waals surface area contributed by atoms with Gasteiger partial charge in [0, 0.05) is 43.0 Å². The highest BCUT2D eigenvalue weighted by atomic mass is 32.1. The molecule has 1 aliphatic heterocycles. The maximum absolute atomic E-state index is 8.99. The second-order valence-electron chi connectivity index (χ2n) is 5.75. The van der Waals surface area contributed by atoms with Crippen molar-refractivity contribution >= 4 is 23.1 Å². The molecule has 0 saturated carbocycles. The zero-order valence-corrected chi connectivity index (χ0v) is 14.6. The largest absolute Gasteiger partial charge is 0.395 e. The monoisotopic (exact) mass is 349 g/mol. The minimum atomic E-state index is 0.0492. The molecule has 2 aromatic heterocycles. The fourth-order valence-corrected chi connectivity index (χ4v) is 3.43. The number of aryl methyl sites for hydroxylation is 1. The van der Waals surface area contributed by atoms with E-state index in [2.05, 4.69) is 25.6 Å². The van der Waals surface area contributed by atoms with Crippen LogP contribution in [-0.2, 0) is 11.2 Å². The Morgan fingerprint density at radius 1 is 1.33 bits per heavy atom. The number of thiazole rings is 1. The van der Waals surface area contributed by atoms with Gasteiger partial charge in [0.05, 0.1) is 30.1 Å². The second-order valence-corrected chi connectivity index (χ2v) is 6.69. The van der Waals surface area contributed by atoms with Crippen LogP contribution in [-0.4, -0.2) is 53.0 Å². The highest BCUT2D eigenvalue weighted by molar-refractivity contribution is 7.09. The Morgan fingerprint density at radius 3 is 2.96 bits per heavy atom. The van der Waals surface area contributed by atoms with Crippen molar-refractivity contribution in [1.29, 1.82) is 0 Å². The predicted molar refractivity (Wildman–Crippen MR) is 94.8 cm³/mol. The number of anilines is 2. The SMILES string of the molecule is Cc1ncsc1CCNc1cc([C@@H]2CCOC2)nc(NCCO)n1. The van der Waals surface area contributed by atoms with Crippen LogP contribution in [0.3, 0.4) is 0 Å². The van der Waals surface area contributed by atoms with Crippen molar-refractivity contribution in [3.8, 4) is 0 Å². The van der Waals surface area contributed by atoms with Gasteiger partial charge in [0.1, 0.15) is 5.82 Å². The molecule has 0 bridgehead atoms. The highest BCUT2D eigenvalue weighted by Crippen LogP contribution is 2.26. The van der Waals surface area contributed by atoms with Gasteiger partial charge in [-0.2, -0.15) is 4.98 Å². The smallest absolute Gasteiger partial charge is 0.224 e. The topological polar surface area (TPSA) is 92.2 Å². The molecule has 0 aliphatic carbocycles. The normalized spacial score (nSPS) is 17.2. The summed E-state index contributed by atoms with van der Waals surface area (Å²) in [5, 5.41) is 15.4. The number of nitrogens with one attached hydrogen (secondary N) is 2. The number of nitrogens with zero attached hydrogens (tertiary/aromatic N) is 3. The molecule has 1 aliphatic rings. The first kappa shape index (κ1) is 17.1.